The molecule has 0 spiro atoms. The van der Waals surface area contributed by atoms with E-state index in [1.54, 1.807) is 14.2 Å². The van der Waals surface area contributed by atoms with Crippen LogP contribution in [0.5, 0.6) is 11.5 Å². The summed E-state index contributed by atoms with van der Waals surface area (Å²) in [4.78, 5) is 0. The van der Waals surface area contributed by atoms with Crippen molar-refractivity contribution in [1.82, 2.24) is 0 Å². The molecule has 0 aliphatic heterocycles. The first-order valence-electron chi connectivity index (χ1n) is 6.73. The van der Waals surface area contributed by atoms with Crippen molar-refractivity contribution in [2.75, 3.05) is 14.2 Å². The molecule has 1 fully saturated rings. The summed E-state index contributed by atoms with van der Waals surface area (Å²) in [5.41, 5.74) is 7.52. The topological polar surface area (TPSA) is 44.5 Å². The van der Waals surface area contributed by atoms with E-state index in [-0.39, 0.29) is 6.04 Å². The Morgan fingerprint density at radius 2 is 1.83 bits per heavy atom. The third-order valence-corrected chi connectivity index (χ3v) is 3.96. The van der Waals surface area contributed by atoms with E-state index in [0.29, 0.717) is 5.92 Å². The van der Waals surface area contributed by atoms with Gasteiger partial charge in [0.1, 0.15) is 11.5 Å². The highest BCUT2D eigenvalue weighted by atomic mass is 16.5. The van der Waals surface area contributed by atoms with Crippen molar-refractivity contribution in [3.63, 3.8) is 0 Å². The monoisotopic (exact) mass is 249 g/mol. The Kier molecular flexibility index (Phi) is 4.48. The van der Waals surface area contributed by atoms with E-state index in [0.717, 1.165) is 17.1 Å². The summed E-state index contributed by atoms with van der Waals surface area (Å²) < 4.78 is 10.7. The Balaban J connectivity index is 2.20. The largest absolute Gasteiger partial charge is 0.497 e. The maximum absolute atomic E-state index is 6.42. The maximum atomic E-state index is 6.42. The van der Waals surface area contributed by atoms with Crippen LogP contribution in [0.3, 0.4) is 0 Å². The van der Waals surface area contributed by atoms with Gasteiger partial charge in [-0.15, -0.1) is 0 Å². The normalized spacial score (nSPS) is 18.4. The summed E-state index contributed by atoms with van der Waals surface area (Å²) in [6, 6.07) is 5.99. The highest BCUT2D eigenvalue weighted by Gasteiger charge is 2.24. The van der Waals surface area contributed by atoms with Gasteiger partial charge in [0.25, 0.3) is 0 Å². The molecule has 2 N–H and O–H groups in total. The van der Waals surface area contributed by atoms with Crippen molar-refractivity contribution in [3.05, 3.63) is 23.8 Å². The Bertz CT molecular complexity index is 386. The van der Waals surface area contributed by atoms with Gasteiger partial charge in [-0.1, -0.05) is 25.3 Å². The average Bonchev–Trinajstić information content (AvgIpc) is 2.46. The summed E-state index contributed by atoms with van der Waals surface area (Å²) >= 11 is 0. The van der Waals surface area contributed by atoms with Crippen LogP contribution in [0, 0.1) is 5.92 Å². The molecular weight excluding hydrogens is 226 g/mol. The molecule has 100 valence electrons. The number of methoxy groups -OCH3 is 2. The highest BCUT2D eigenvalue weighted by molar-refractivity contribution is 5.42. The molecule has 1 saturated carbocycles. The standard InChI is InChI=1S/C15H23NO2/c1-17-12-8-9-13(14(10-12)18-2)15(16)11-6-4-3-5-7-11/h8-11,15H,3-7,16H2,1-2H3/t15-/m0/s1. The van der Waals surface area contributed by atoms with E-state index in [1.807, 2.05) is 18.2 Å². The number of ether oxygens (including phenoxy) is 2. The van der Waals surface area contributed by atoms with Crippen LogP contribution in [0.15, 0.2) is 18.2 Å². The lowest BCUT2D eigenvalue weighted by atomic mass is 9.81. The van der Waals surface area contributed by atoms with Crippen LogP contribution in [0.25, 0.3) is 0 Å². The summed E-state index contributed by atoms with van der Waals surface area (Å²) in [5.74, 6) is 2.24. The van der Waals surface area contributed by atoms with Crippen LogP contribution in [-0.4, -0.2) is 14.2 Å². The number of hydrogen-bond donors (Lipinski definition) is 1. The van der Waals surface area contributed by atoms with Gasteiger partial charge < -0.3 is 15.2 Å². The van der Waals surface area contributed by atoms with Crippen molar-refractivity contribution in [3.8, 4) is 11.5 Å². The molecule has 1 aliphatic rings. The van der Waals surface area contributed by atoms with E-state index >= 15 is 0 Å². The number of benzene rings is 1. The lowest BCUT2D eigenvalue weighted by molar-refractivity contribution is 0.300. The van der Waals surface area contributed by atoms with Crippen LogP contribution in [0.1, 0.15) is 43.7 Å². The Hall–Kier alpha value is -1.22. The zero-order chi connectivity index (χ0) is 13.0. The minimum Gasteiger partial charge on any atom is -0.497 e. The van der Waals surface area contributed by atoms with Crippen LogP contribution in [0.4, 0.5) is 0 Å². The molecule has 2 rings (SSSR count). The highest BCUT2D eigenvalue weighted by Crippen LogP contribution is 2.37. The first-order chi connectivity index (χ1) is 8.76. The van der Waals surface area contributed by atoms with Crippen molar-refractivity contribution in [1.29, 1.82) is 0 Å². The summed E-state index contributed by atoms with van der Waals surface area (Å²) in [6.45, 7) is 0. The minimum atomic E-state index is 0.0751. The van der Waals surface area contributed by atoms with Gasteiger partial charge in [0.2, 0.25) is 0 Å². The van der Waals surface area contributed by atoms with E-state index in [9.17, 15) is 0 Å². The summed E-state index contributed by atoms with van der Waals surface area (Å²) in [5, 5.41) is 0. The molecule has 3 heteroatoms. The third-order valence-electron chi connectivity index (χ3n) is 3.96. The predicted octanol–water partition coefficient (Wildman–Crippen LogP) is 3.28. The first-order valence-corrected chi connectivity index (χ1v) is 6.73. The molecule has 0 saturated heterocycles. The molecule has 0 bridgehead atoms. The second-order valence-electron chi connectivity index (χ2n) is 5.03. The van der Waals surface area contributed by atoms with Crippen LogP contribution < -0.4 is 15.2 Å². The lowest BCUT2D eigenvalue weighted by Gasteiger charge is -2.28. The Morgan fingerprint density at radius 1 is 1.11 bits per heavy atom. The smallest absolute Gasteiger partial charge is 0.127 e. The molecule has 0 amide bonds. The van der Waals surface area contributed by atoms with Gasteiger partial charge >= 0.3 is 0 Å². The van der Waals surface area contributed by atoms with Crippen molar-refractivity contribution in [2.24, 2.45) is 11.7 Å². The van der Waals surface area contributed by atoms with Gasteiger partial charge in [-0.25, -0.2) is 0 Å². The molecule has 0 unspecified atom stereocenters. The number of nitrogens with two attached hydrogens (primary N) is 1. The predicted molar refractivity (Wildman–Crippen MR) is 73.0 cm³/mol. The summed E-state index contributed by atoms with van der Waals surface area (Å²) in [7, 11) is 3.35. The fourth-order valence-corrected chi connectivity index (χ4v) is 2.84. The molecule has 1 atom stereocenters. The lowest BCUT2D eigenvalue weighted by Crippen LogP contribution is -2.24. The van der Waals surface area contributed by atoms with E-state index in [4.69, 9.17) is 15.2 Å². The van der Waals surface area contributed by atoms with Gasteiger partial charge in [-0.3, -0.25) is 0 Å². The average molecular weight is 249 g/mol. The molecule has 1 aromatic rings. The number of hydrogen-bond acceptors (Lipinski definition) is 3. The number of rotatable bonds is 4. The second-order valence-corrected chi connectivity index (χ2v) is 5.03. The maximum Gasteiger partial charge on any atom is 0.127 e. The Labute approximate surface area is 109 Å². The fourth-order valence-electron chi connectivity index (χ4n) is 2.84. The van der Waals surface area contributed by atoms with Gasteiger partial charge in [0.05, 0.1) is 14.2 Å². The van der Waals surface area contributed by atoms with Crippen LogP contribution >= 0.6 is 0 Å². The molecule has 1 aromatic carbocycles. The molecule has 0 radical (unpaired) electrons. The molecular formula is C15H23NO2. The molecule has 18 heavy (non-hydrogen) atoms. The zero-order valence-electron chi connectivity index (χ0n) is 11.3. The minimum absolute atomic E-state index is 0.0751. The molecule has 0 heterocycles. The van der Waals surface area contributed by atoms with E-state index in [2.05, 4.69) is 0 Å². The zero-order valence-corrected chi connectivity index (χ0v) is 11.3. The second kappa shape index (κ2) is 6.10. The van der Waals surface area contributed by atoms with Crippen molar-refractivity contribution in [2.45, 2.75) is 38.1 Å². The van der Waals surface area contributed by atoms with E-state index in [1.165, 1.54) is 32.1 Å². The van der Waals surface area contributed by atoms with Gasteiger partial charge in [-0.05, 0) is 24.8 Å². The van der Waals surface area contributed by atoms with Crippen LogP contribution in [0.2, 0.25) is 0 Å². The van der Waals surface area contributed by atoms with Gasteiger partial charge in [0, 0.05) is 17.7 Å². The molecule has 3 nitrogen and oxygen atoms in total. The van der Waals surface area contributed by atoms with Crippen molar-refractivity contribution >= 4 is 0 Å². The van der Waals surface area contributed by atoms with Gasteiger partial charge in [0.15, 0.2) is 0 Å². The first kappa shape index (κ1) is 13.2. The van der Waals surface area contributed by atoms with Crippen molar-refractivity contribution < 1.29 is 9.47 Å². The quantitative estimate of drug-likeness (QED) is 0.890. The molecule has 1 aliphatic carbocycles. The SMILES string of the molecule is COc1ccc([C@@H](N)C2CCCCC2)c(OC)c1. The summed E-state index contributed by atoms with van der Waals surface area (Å²) in [6.07, 6.45) is 6.42. The van der Waals surface area contributed by atoms with Crippen LogP contribution in [-0.2, 0) is 0 Å². The fraction of sp³-hybridized carbons (Fsp3) is 0.600. The third kappa shape index (κ3) is 2.78. The Morgan fingerprint density at radius 3 is 2.44 bits per heavy atom. The molecule has 0 aromatic heterocycles. The van der Waals surface area contributed by atoms with Gasteiger partial charge in [-0.2, -0.15) is 0 Å². The van der Waals surface area contributed by atoms with E-state index < -0.39 is 0 Å².